The summed E-state index contributed by atoms with van der Waals surface area (Å²) in [5.41, 5.74) is 10.2. The van der Waals surface area contributed by atoms with Crippen LogP contribution in [0.3, 0.4) is 0 Å². The number of rotatable bonds is 7. The van der Waals surface area contributed by atoms with Gasteiger partial charge in [0, 0.05) is 37.9 Å². The number of para-hydroxylation sites is 2. The van der Waals surface area contributed by atoms with Crippen LogP contribution in [0, 0.1) is 5.92 Å². The summed E-state index contributed by atoms with van der Waals surface area (Å²) in [5, 5.41) is 3.60. The first-order valence-electron chi connectivity index (χ1n) is 8.91. The Morgan fingerprint density at radius 2 is 2.16 bits per heavy atom. The van der Waals surface area contributed by atoms with E-state index in [1.807, 2.05) is 30.9 Å². The number of aryl methyl sites for hydroxylation is 1. The third-order valence-corrected chi connectivity index (χ3v) is 4.82. The standard InChI is InChI=1S/C19H24N6/c1-2-7-18-17(6-1)22-14-25(18)10-4-9-21-12-16-13-23-24-19(16)15-5-3-8-20-11-15/h1-3,5-8,11,14,16,19,21,23-24H,4,9-10,12-13H2. The quantitative estimate of drug-likeness (QED) is 0.575. The third-order valence-electron chi connectivity index (χ3n) is 4.82. The van der Waals surface area contributed by atoms with Crippen LogP contribution >= 0.6 is 0 Å². The summed E-state index contributed by atoms with van der Waals surface area (Å²) in [6.07, 6.45) is 6.79. The highest BCUT2D eigenvalue weighted by molar-refractivity contribution is 5.74. The Hall–Kier alpha value is -2.28. The number of imidazole rings is 1. The zero-order chi connectivity index (χ0) is 16.9. The molecule has 3 heterocycles. The Kier molecular flexibility index (Phi) is 5.01. The van der Waals surface area contributed by atoms with E-state index in [4.69, 9.17) is 0 Å². The first-order chi connectivity index (χ1) is 12.4. The molecule has 1 fully saturated rings. The maximum atomic E-state index is 4.44. The minimum absolute atomic E-state index is 0.318. The number of pyridine rings is 1. The lowest BCUT2D eigenvalue weighted by Crippen LogP contribution is -2.29. The molecule has 3 N–H and O–H groups in total. The van der Waals surface area contributed by atoms with Crippen molar-refractivity contribution in [3.63, 3.8) is 0 Å². The number of nitrogens with one attached hydrogen (secondary N) is 3. The Morgan fingerprint density at radius 3 is 3.08 bits per heavy atom. The molecule has 0 spiro atoms. The molecule has 2 atom stereocenters. The molecule has 0 amide bonds. The summed E-state index contributed by atoms with van der Waals surface area (Å²) in [6.45, 7) is 3.95. The fraction of sp³-hybridized carbons (Fsp3) is 0.368. The van der Waals surface area contributed by atoms with Gasteiger partial charge < -0.3 is 9.88 Å². The van der Waals surface area contributed by atoms with Crippen LogP contribution in [0.1, 0.15) is 18.0 Å². The second-order valence-electron chi connectivity index (χ2n) is 6.53. The van der Waals surface area contributed by atoms with Crippen molar-refractivity contribution in [2.24, 2.45) is 5.92 Å². The molecule has 2 unspecified atom stereocenters. The van der Waals surface area contributed by atoms with Gasteiger partial charge in [-0.15, -0.1) is 0 Å². The minimum Gasteiger partial charge on any atom is -0.331 e. The van der Waals surface area contributed by atoms with Crippen molar-refractivity contribution < 1.29 is 0 Å². The van der Waals surface area contributed by atoms with Crippen LogP contribution in [0.5, 0.6) is 0 Å². The van der Waals surface area contributed by atoms with E-state index in [9.17, 15) is 0 Å². The monoisotopic (exact) mass is 336 g/mol. The van der Waals surface area contributed by atoms with Crippen molar-refractivity contribution in [3.8, 4) is 0 Å². The zero-order valence-electron chi connectivity index (χ0n) is 14.2. The maximum Gasteiger partial charge on any atom is 0.0958 e. The van der Waals surface area contributed by atoms with Gasteiger partial charge in [-0.1, -0.05) is 18.2 Å². The molecule has 2 aromatic heterocycles. The summed E-state index contributed by atoms with van der Waals surface area (Å²) in [6, 6.07) is 12.7. The molecule has 4 rings (SSSR count). The fourth-order valence-corrected chi connectivity index (χ4v) is 3.49. The molecule has 6 heteroatoms. The van der Waals surface area contributed by atoms with Crippen LogP contribution in [-0.4, -0.2) is 34.2 Å². The van der Waals surface area contributed by atoms with Crippen LogP contribution in [-0.2, 0) is 6.54 Å². The van der Waals surface area contributed by atoms with Gasteiger partial charge in [0.05, 0.1) is 23.4 Å². The molecular weight excluding hydrogens is 312 g/mol. The molecule has 1 aromatic carbocycles. The minimum atomic E-state index is 0.318. The first kappa shape index (κ1) is 16.2. The normalized spacial score (nSPS) is 20.3. The molecule has 1 aliphatic rings. The molecule has 0 aliphatic carbocycles. The van der Waals surface area contributed by atoms with Crippen LogP contribution in [0.2, 0.25) is 0 Å². The van der Waals surface area contributed by atoms with Crippen molar-refractivity contribution in [2.75, 3.05) is 19.6 Å². The van der Waals surface area contributed by atoms with Gasteiger partial charge >= 0.3 is 0 Å². The number of benzene rings is 1. The molecule has 0 saturated carbocycles. The largest absolute Gasteiger partial charge is 0.331 e. The first-order valence-corrected chi connectivity index (χ1v) is 8.91. The maximum absolute atomic E-state index is 4.44. The van der Waals surface area contributed by atoms with Crippen LogP contribution in [0.4, 0.5) is 0 Å². The van der Waals surface area contributed by atoms with Crippen LogP contribution in [0.15, 0.2) is 55.1 Å². The lowest BCUT2D eigenvalue weighted by molar-refractivity contribution is 0.436. The molecule has 0 radical (unpaired) electrons. The van der Waals surface area contributed by atoms with E-state index in [2.05, 4.69) is 55.0 Å². The summed E-state index contributed by atoms with van der Waals surface area (Å²) < 4.78 is 2.23. The summed E-state index contributed by atoms with van der Waals surface area (Å²) in [7, 11) is 0. The van der Waals surface area contributed by atoms with Crippen molar-refractivity contribution in [2.45, 2.75) is 19.0 Å². The average Bonchev–Trinajstić information content (AvgIpc) is 3.29. The van der Waals surface area contributed by atoms with Crippen LogP contribution in [0.25, 0.3) is 11.0 Å². The van der Waals surface area contributed by atoms with Gasteiger partial charge in [-0.05, 0) is 36.7 Å². The van der Waals surface area contributed by atoms with E-state index in [-0.39, 0.29) is 0 Å². The molecule has 1 saturated heterocycles. The van der Waals surface area contributed by atoms with E-state index in [1.165, 1.54) is 11.1 Å². The fourth-order valence-electron chi connectivity index (χ4n) is 3.49. The Balaban J connectivity index is 1.24. The third kappa shape index (κ3) is 3.71. The highest BCUT2D eigenvalue weighted by Gasteiger charge is 2.27. The Labute approximate surface area is 147 Å². The number of aromatic nitrogens is 3. The SMILES string of the molecule is c1cncc(C2NNCC2CNCCCn2cnc3ccccc32)c1. The van der Waals surface area contributed by atoms with Gasteiger partial charge in [0.15, 0.2) is 0 Å². The van der Waals surface area contributed by atoms with E-state index in [0.29, 0.717) is 12.0 Å². The van der Waals surface area contributed by atoms with Gasteiger partial charge in [0.25, 0.3) is 0 Å². The number of hydrogen-bond acceptors (Lipinski definition) is 5. The van der Waals surface area contributed by atoms with Crippen molar-refractivity contribution in [1.82, 2.24) is 30.7 Å². The second kappa shape index (κ2) is 7.74. The van der Waals surface area contributed by atoms with Crippen molar-refractivity contribution >= 4 is 11.0 Å². The van der Waals surface area contributed by atoms with Crippen molar-refractivity contribution in [3.05, 3.63) is 60.7 Å². The second-order valence-corrected chi connectivity index (χ2v) is 6.53. The van der Waals surface area contributed by atoms with E-state index < -0.39 is 0 Å². The van der Waals surface area contributed by atoms with Gasteiger partial charge in [-0.25, -0.2) is 10.4 Å². The molecule has 25 heavy (non-hydrogen) atoms. The predicted octanol–water partition coefficient (Wildman–Crippen LogP) is 1.88. The van der Waals surface area contributed by atoms with E-state index in [0.717, 1.165) is 38.1 Å². The average molecular weight is 336 g/mol. The lowest BCUT2D eigenvalue weighted by Gasteiger charge is -2.19. The molecule has 130 valence electrons. The van der Waals surface area contributed by atoms with Gasteiger partial charge in [0.2, 0.25) is 0 Å². The number of hydrogen-bond donors (Lipinski definition) is 3. The van der Waals surface area contributed by atoms with Crippen LogP contribution < -0.4 is 16.2 Å². The number of fused-ring (bicyclic) bond motifs is 1. The Morgan fingerprint density at radius 1 is 1.20 bits per heavy atom. The summed E-state index contributed by atoms with van der Waals surface area (Å²) in [5.74, 6) is 0.526. The molecular formula is C19H24N6. The summed E-state index contributed by atoms with van der Waals surface area (Å²) in [4.78, 5) is 8.67. The summed E-state index contributed by atoms with van der Waals surface area (Å²) >= 11 is 0. The lowest BCUT2D eigenvalue weighted by atomic mass is 9.96. The predicted molar refractivity (Wildman–Crippen MR) is 98.8 cm³/mol. The van der Waals surface area contributed by atoms with Gasteiger partial charge in [-0.2, -0.15) is 0 Å². The highest BCUT2D eigenvalue weighted by Crippen LogP contribution is 2.23. The van der Waals surface area contributed by atoms with E-state index >= 15 is 0 Å². The Bertz CT molecular complexity index is 800. The van der Waals surface area contributed by atoms with Crippen molar-refractivity contribution in [1.29, 1.82) is 0 Å². The molecule has 3 aromatic rings. The molecule has 6 nitrogen and oxygen atoms in total. The van der Waals surface area contributed by atoms with Gasteiger partial charge in [0.1, 0.15) is 0 Å². The number of nitrogens with zero attached hydrogens (tertiary/aromatic N) is 3. The smallest absolute Gasteiger partial charge is 0.0958 e. The molecule has 0 bridgehead atoms. The topological polar surface area (TPSA) is 66.8 Å². The highest BCUT2D eigenvalue weighted by atomic mass is 15.4. The number of hydrazine groups is 1. The van der Waals surface area contributed by atoms with Gasteiger partial charge in [-0.3, -0.25) is 10.4 Å². The zero-order valence-corrected chi connectivity index (χ0v) is 14.2. The van der Waals surface area contributed by atoms with E-state index in [1.54, 1.807) is 0 Å². The molecule has 1 aliphatic heterocycles.